The van der Waals surface area contributed by atoms with Gasteiger partial charge in [-0.2, -0.15) is 0 Å². The van der Waals surface area contributed by atoms with Crippen LogP contribution < -0.4 is 5.32 Å². The van der Waals surface area contributed by atoms with Crippen molar-refractivity contribution in [3.63, 3.8) is 0 Å². The number of nitrogens with zero attached hydrogens (tertiary/aromatic N) is 2. The van der Waals surface area contributed by atoms with Crippen molar-refractivity contribution in [3.05, 3.63) is 71.7 Å². The number of nitrogens with one attached hydrogen (secondary N) is 1. The van der Waals surface area contributed by atoms with Gasteiger partial charge in [0.1, 0.15) is 30.3 Å². The molecule has 1 N–H and O–H groups in total. The van der Waals surface area contributed by atoms with Crippen molar-refractivity contribution in [2.75, 3.05) is 5.32 Å². The highest BCUT2D eigenvalue weighted by molar-refractivity contribution is 6.31. The average Bonchev–Trinajstić information content (AvgIpc) is 2.63. The minimum absolute atomic E-state index is 0.0392. The van der Waals surface area contributed by atoms with E-state index in [-0.39, 0.29) is 12.3 Å². The Morgan fingerprint density at radius 2 is 2.00 bits per heavy atom. The molecule has 1 amide bonds. The van der Waals surface area contributed by atoms with Crippen LogP contribution >= 0.6 is 0 Å². The lowest BCUT2D eigenvalue weighted by Crippen LogP contribution is -2.14. The van der Waals surface area contributed by atoms with Crippen molar-refractivity contribution >= 4 is 28.7 Å². The fourth-order valence-corrected chi connectivity index (χ4v) is 2.26. The van der Waals surface area contributed by atoms with Crippen LogP contribution in [0.2, 0.25) is 0 Å². The van der Waals surface area contributed by atoms with E-state index in [2.05, 4.69) is 15.5 Å². The zero-order valence-corrected chi connectivity index (χ0v) is 13.2. The minimum atomic E-state index is -0.906. The van der Waals surface area contributed by atoms with Crippen LogP contribution in [0.4, 0.5) is 18.9 Å². The average molecular weight is 359 g/mol. The molecule has 1 heterocycles. The van der Waals surface area contributed by atoms with E-state index in [0.29, 0.717) is 22.5 Å². The summed E-state index contributed by atoms with van der Waals surface area (Å²) in [5, 5.41) is 6.03. The third kappa shape index (κ3) is 3.97. The number of aromatic nitrogens is 1. The van der Waals surface area contributed by atoms with E-state index in [1.54, 1.807) is 12.1 Å². The molecule has 0 aliphatic rings. The van der Waals surface area contributed by atoms with E-state index in [0.717, 1.165) is 18.3 Å². The molecular formula is C18H12F3N3O2. The van der Waals surface area contributed by atoms with Gasteiger partial charge in [0, 0.05) is 23.2 Å². The van der Waals surface area contributed by atoms with E-state index < -0.39 is 23.4 Å². The number of benzene rings is 2. The molecule has 1 aromatic heterocycles. The first-order valence-corrected chi connectivity index (χ1v) is 7.48. The number of oxime groups is 1. The molecule has 0 saturated heterocycles. The van der Waals surface area contributed by atoms with Crippen molar-refractivity contribution in [1.82, 2.24) is 4.98 Å². The number of carbonyl (C=O) groups is 1. The summed E-state index contributed by atoms with van der Waals surface area (Å²) in [5.41, 5.74) is 0.834. The highest BCUT2D eigenvalue weighted by atomic mass is 19.1. The first kappa shape index (κ1) is 17.4. The topological polar surface area (TPSA) is 63.6 Å². The molecule has 3 aromatic rings. The number of halogens is 3. The van der Waals surface area contributed by atoms with Gasteiger partial charge in [-0.05, 0) is 30.3 Å². The van der Waals surface area contributed by atoms with Gasteiger partial charge in [0.2, 0.25) is 0 Å². The van der Waals surface area contributed by atoms with Crippen molar-refractivity contribution in [1.29, 1.82) is 0 Å². The summed E-state index contributed by atoms with van der Waals surface area (Å²) in [6, 6.07) is 8.76. The zero-order valence-electron chi connectivity index (χ0n) is 13.2. The molecule has 0 atom stereocenters. The standard InChI is InChI=1S/C18H12F3N3O2/c19-12-4-6-16(15(21)8-12)24-17(25)9-23-26-10-11-3-5-14(20)13-2-1-7-22-18(11)13/h1-9H,10H2,(H,24,25)/b23-9+. The number of rotatable bonds is 5. The van der Waals surface area contributed by atoms with Gasteiger partial charge in [-0.25, -0.2) is 13.2 Å². The monoisotopic (exact) mass is 359 g/mol. The first-order valence-electron chi connectivity index (χ1n) is 7.48. The van der Waals surface area contributed by atoms with Gasteiger partial charge in [0.05, 0.1) is 11.2 Å². The number of pyridine rings is 1. The Morgan fingerprint density at radius 1 is 1.15 bits per heavy atom. The molecule has 0 aliphatic heterocycles. The van der Waals surface area contributed by atoms with Crippen LogP contribution in [0.3, 0.4) is 0 Å². The van der Waals surface area contributed by atoms with Crippen LogP contribution in [0.25, 0.3) is 10.9 Å². The number of fused-ring (bicyclic) bond motifs is 1. The number of carbonyl (C=O) groups excluding carboxylic acids is 1. The molecule has 0 unspecified atom stereocenters. The molecule has 26 heavy (non-hydrogen) atoms. The molecule has 2 aromatic carbocycles. The highest BCUT2D eigenvalue weighted by Gasteiger charge is 2.08. The lowest BCUT2D eigenvalue weighted by atomic mass is 10.1. The van der Waals surface area contributed by atoms with E-state index >= 15 is 0 Å². The van der Waals surface area contributed by atoms with E-state index in [1.165, 1.54) is 18.3 Å². The Kier molecular flexibility index (Phi) is 5.12. The largest absolute Gasteiger partial charge is 0.391 e. The van der Waals surface area contributed by atoms with Crippen LogP contribution in [0.15, 0.2) is 53.8 Å². The van der Waals surface area contributed by atoms with Crippen LogP contribution in [-0.2, 0) is 16.2 Å². The number of hydrogen-bond acceptors (Lipinski definition) is 4. The third-order valence-electron chi connectivity index (χ3n) is 3.45. The molecule has 0 saturated carbocycles. The van der Waals surface area contributed by atoms with Gasteiger partial charge < -0.3 is 10.2 Å². The Hall–Kier alpha value is -3.42. The maximum absolute atomic E-state index is 13.7. The van der Waals surface area contributed by atoms with Crippen LogP contribution in [0, 0.1) is 17.5 Å². The summed E-state index contributed by atoms with van der Waals surface area (Å²) in [6.07, 6.45) is 2.33. The second-order valence-electron chi connectivity index (χ2n) is 5.23. The zero-order chi connectivity index (χ0) is 18.5. The number of amides is 1. The van der Waals surface area contributed by atoms with E-state index in [9.17, 15) is 18.0 Å². The normalized spacial score (nSPS) is 11.0. The van der Waals surface area contributed by atoms with Crippen molar-refractivity contribution in [3.8, 4) is 0 Å². The molecular weight excluding hydrogens is 347 g/mol. The quantitative estimate of drug-likeness (QED) is 0.557. The maximum Gasteiger partial charge on any atom is 0.270 e. The van der Waals surface area contributed by atoms with Crippen molar-refractivity contribution < 1.29 is 22.8 Å². The molecule has 0 aliphatic carbocycles. The fourth-order valence-electron chi connectivity index (χ4n) is 2.26. The van der Waals surface area contributed by atoms with Crippen LogP contribution in [-0.4, -0.2) is 17.1 Å². The second kappa shape index (κ2) is 7.64. The van der Waals surface area contributed by atoms with Gasteiger partial charge in [-0.15, -0.1) is 0 Å². The third-order valence-corrected chi connectivity index (χ3v) is 3.45. The molecule has 0 radical (unpaired) electrons. The Bertz CT molecular complexity index is 993. The van der Waals surface area contributed by atoms with Crippen LogP contribution in [0.1, 0.15) is 5.56 Å². The SMILES string of the molecule is O=C(/C=N/OCc1ccc(F)c2cccnc12)Nc1ccc(F)cc1F. The highest BCUT2D eigenvalue weighted by Crippen LogP contribution is 2.20. The van der Waals surface area contributed by atoms with Crippen molar-refractivity contribution in [2.24, 2.45) is 5.16 Å². The summed E-state index contributed by atoms with van der Waals surface area (Å²) < 4.78 is 39.9. The summed E-state index contributed by atoms with van der Waals surface area (Å²) in [4.78, 5) is 20.8. The van der Waals surface area contributed by atoms with Gasteiger partial charge in [0.25, 0.3) is 5.91 Å². The van der Waals surface area contributed by atoms with E-state index in [1.807, 2.05) is 0 Å². The summed E-state index contributed by atoms with van der Waals surface area (Å²) >= 11 is 0. The first-order chi connectivity index (χ1) is 12.5. The predicted octanol–water partition coefficient (Wildman–Crippen LogP) is 3.79. The molecule has 0 bridgehead atoms. The molecule has 5 nitrogen and oxygen atoms in total. The smallest absolute Gasteiger partial charge is 0.270 e. The fraction of sp³-hybridized carbons (Fsp3) is 0.0556. The molecule has 0 spiro atoms. The Morgan fingerprint density at radius 3 is 2.81 bits per heavy atom. The molecule has 0 fully saturated rings. The molecule has 3 rings (SSSR count). The van der Waals surface area contributed by atoms with Gasteiger partial charge in [0.15, 0.2) is 0 Å². The summed E-state index contributed by atoms with van der Waals surface area (Å²) in [6.45, 7) is -0.0392. The van der Waals surface area contributed by atoms with Gasteiger partial charge in [-0.1, -0.05) is 11.2 Å². The number of anilines is 1. The lowest BCUT2D eigenvalue weighted by Gasteiger charge is -2.05. The second-order valence-corrected chi connectivity index (χ2v) is 5.23. The Balaban J connectivity index is 1.61. The lowest BCUT2D eigenvalue weighted by molar-refractivity contribution is -0.110. The predicted molar refractivity (Wildman–Crippen MR) is 90.0 cm³/mol. The maximum atomic E-state index is 13.7. The van der Waals surface area contributed by atoms with E-state index in [4.69, 9.17) is 4.84 Å². The van der Waals surface area contributed by atoms with Gasteiger partial charge in [-0.3, -0.25) is 9.78 Å². The number of hydrogen-bond donors (Lipinski definition) is 1. The van der Waals surface area contributed by atoms with Gasteiger partial charge >= 0.3 is 0 Å². The summed E-state index contributed by atoms with van der Waals surface area (Å²) in [5.74, 6) is -2.81. The minimum Gasteiger partial charge on any atom is -0.391 e. The molecule has 8 heteroatoms. The Labute approximate surface area is 146 Å². The van der Waals surface area contributed by atoms with Crippen molar-refractivity contribution in [2.45, 2.75) is 6.61 Å². The molecule has 132 valence electrons. The van der Waals surface area contributed by atoms with Crippen LogP contribution in [0.5, 0.6) is 0 Å². The summed E-state index contributed by atoms with van der Waals surface area (Å²) in [7, 11) is 0.